The Bertz CT molecular complexity index is 704. The first-order chi connectivity index (χ1) is 9.95. The SMILES string of the molecule is Cc1cc(N)ccc1S(=O)CC(=O)Nc1cccc(Cl)c1. The maximum absolute atomic E-state index is 12.2. The Morgan fingerprint density at radius 3 is 2.71 bits per heavy atom. The molecule has 1 amide bonds. The standard InChI is InChI=1S/C15H15ClN2O2S/c1-10-7-12(17)5-6-14(10)21(20)9-15(19)18-13-4-2-3-11(16)8-13/h2-8H,9,17H2,1H3,(H,18,19). The zero-order valence-corrected chi connectivity index (χ0v) is 13.0. The van der Waals surface area contributed by atoms with Crippen LogP contribution in [0.5, 0.6) is 0 Å². The maximum atomic E-state index is 12.2. The second kappa shape index (κ2) is 6.74. The lowest BCUT2D eigenvalue weighted by atomic mass is 10.2. The molecule has 110 valence electrons. The van der Waals surface area contributed by atoms with E-state index >= 15 is 0 Å². The second-order valence-electron chi connectivity index (χ2n) is 4.57. The number of rotatable bonds is 4. The first kappa shape index (κ1) is 15.5. The minimum absolute atomic E-state index is 0.114. The van der Waals surface area contributed by atoms with Crippen molar-refractivity contribution < 1.29 is 9.00 Å². The molecule has 0 saturated heterocycles. The maximum Gasteiger partial charge on any atom is 0.237 e. The Morgan fingerprint density at radius 1 is 1.29 bits per heavy atom. The fourth-order valence-corrected chi connectivity index (χ4v) is 3.18. The molecular formula is C15H15ClN2O2S. The van der Waals surface area contributed by atoms with E-state index in [4.69, 9.17) is 17.3 Å². The lowest BCUT2D eigenvalue weighted by Gasteiger charge is -2.08. The van der Waals surface area contributed by atoms with E-state index in [9.17, 15) is 9.00 Å². The molecule has 2 aromatic rings. The van der Waals surface area contributed by atoms with Crippen molar-refractivity contribution >= 4 is 39.7 Å². The second-order valence-corrected chi connectivity index (χ2v) is 6.43. The highest BCUT2D eigenvalue weighted by Crippen LogP contribution is 2.18. The molecule has 0 aliphatic rings. The Hall–Kier alpha value is -1.85. The van der Waals surface area contributed by atoms with Gasteiger partial charge in [0.15, 0.2) is 0 Å². The summed E-state index contributed by atoms with van der Waals surface area (Å²) in [6, 6.07) is 11.9. The molecule has 0 saturated carbocycles. The molecule has 0 aliphatic heterocycles. The smallest absolute Gasteiger partial charge is 0.237 e. The van der Waals surface area contributed by atoms with Gasteiger partial charge in [-0.05, 0) is 48.9 Å². The van der Waals surface area contributed by atoms with Crippen LogP contribution in [0.1, 0.15) is 5.56 Å². The summed E-state index contributed by atoms with van der Waals surface area (Å²) in [7, 11) is -1.41. The van der Waals surface area contributed by atoms with E-state index in [-0.39, 0.29) is 11.7 Å². The molecular weight excluding hydrogens is 308 g/mol. The van der Waals surface area contributed by atoms with Crippen molar-refractivity contribution in [2.75, 3.05) is 16.8 Å². The molecule has 0 aromatic heterocycles. The van der Waals surface area contributed by atoms with Crippen molar-refractivity contribution in [1.82, 2.24) is 0 Å². The lowest BCUT2D eigenvalue weighted by Crippen LogP contribution is -2.19. The van der Waals surface area contributed by atoms with Crippen LogP contribution in [0.2, 0.25) is 5.02 Å². The highest BCUT2D eigenvalue weighted by atomic mass is 35.5. The van der Waals surface area contributed by atoms with Gasteiger partial charge in [0, 0.05) is 21.3 Å². The largest absolute Gasteiger partial charge is 0.399 e. The number of nitrogens with one attached hydrogen (secondary N) is 1. The van der Waals surface area contributed by atoms with E-state index in [2.05, 4.69) is 5.32 Å². The van der Waals surface area contributed by atoms with Gasteiger partial charge in [-0.1, -0.05) is 17.7 Å². The molecule has 1 unspecified atom stereocenters. The molecule has 2 aromatic carbocycles. The van der Waals surface area contributed by atoms with Crippen LogP contribution in [0.4, 0.5) is 11.4 Å². The predicted octanol–water partition coefficient (Wildman–Crippen LogP) is 2.98. The van der Waals surface area contributed by atoms with Gasteiger partial charge < -0.3 is 11.1 Å². The van der Waals surface area contributed by atoms with Gasteiger partial charge in [-0.3, -0.25) is 9.00 Å². The Kier molecular flexibility index (Phi) is 4.98. The number of nitrogens with two attached hydrogens (primary N) is 1. The number of amides is 1. The molecule has 3 N–H and O–H groups in total. The highest BCUT2D eigenvalue weighted by molar-refractivity contribution is 7.85. The number of hydrogen-bond donors (Lipinski definition) is 2. The number of carbonyl (C=O) groups is 1. The summed E-state index contributed by atoms with van der Waals surface area (Å²) in [5.41, 5.74) is 7.65. The summed E-state index contributed by atoms with van der Waals surface area (Å²) in [5, 5.41) is 3.20. The number of aryl methyl sites for hydroxylation is 1. The first-order valence-corrected chi connectivity index (χ1v) is 7.95. The molecule has 0 radical (unpaired) electrons. The van der Waals surface area contributed by atoms with Crippen LogP contribution in [-0.2, 0) is 15.6 Å². The normalized spacial score (nSPS) is 11.9. The van der Waals surface area contributed by atoms with Crippen molar-refractivity contribution in [3.05, 3.63) is 53.1 Å². The quantitative estimate of drug-likeness (QED) is 0.850. The third-order valence-electron chi connectivity index (χ3n) is 2.81. The zero-order chi connectivity index (χ0) is 15.4. The third kappa shape index (κ3) is 4.31. The topological polar surface area (TPSA) is 72.2 Å². The minimum atomic E-state index is -1.41. The van der Waals surface area contributed by atoms with Crippen LogP contribution in [0.3, 0.4) is 0 Å². The Labute approximate surface area is 130 Å². The van der Waals surface area contributed by atoms with Crippen LogP contribution < -0.4 is 11.1 Å². The van der Waals surface area contributed by atoms with E-state index in [1.165, 1.54) is 0 Å². The van der Waals surface area contributed by atoms with E-state index in [1.807, 2.05) is 6.92 Å². The van der Waals surface area contributed by atoms with Gasteiger partial charge in [-0.25, -0.2) is 0 Å². The van der Waals surface area contributed by atoms with Gasteiger partial charge in [0.1, 0.15) is 5.75 Å². The number of anilines is 2. The monoisotopic (exact) mass is 322 g/mol. The van der Waals surface area contributed by atoms with Crippen molar-refractivity contribution in [3.8, 4) is 0 Å². The number of halogens is 1. The third-order valence-corrected chi connectivity index (χ3v) is 4.52. The van der Waals surface area contributed by atoms with Crippen LogP contribution in [0, 0.1) is 6.92 Å². The van der Waals surface area contributed by atoms with Crippen LogP contribution in [0.15, 0.2) is 47.4 Å². The van der Waals surface area contributed by atoms with Crippen molar-refractivity contribution in [2.24, 2.45) is 0 Å². The minimum Gasteiger partial charge on any atom is -0.399 e. The summed E-state index contributed by atoms with van der Waals surface area (Å²) >= 11 is 5.84. The zero-order valence-electron chi connectivity index (χ0n) is 11.4. The van der Waals surface area contributed by atoms with Crippen LogP contribution >= 0.6 is 11.6 Å². The summed E-state index contributed by atoms with van der Waals surface area (Å²) in [4.78, 5) is 12.5. The molecule has 1 atom stereocenters. The molecule has 0 bridgehead atoms. The van der Waals surface area contributed by atoms with Crippen LogP contribution in [-0.4, -0.2) is 15.9 Å². The summed E-state index contributed by atoms with van der Waals surface area (Å²) in [6.07, 6.45) is 0. The molecule has 6 heteroatoms. The van der Waals surface area contributed by atoms with Crippen molar-refractivity contribution in [1.29, 1.82) is 0 Å². The van der Waals surface area contributed by atoms with E-state index in [1.54, 1.807) is 42.5 Å². The van der Waals surface area contributed by atoms with Crippen molar-refractivity contribution in [2.45, 2.75) is 11.8 Å². The molecule has 0 spiro atoms. The number of hydrogen-bond acceptors (Lipinski definition) is 3. The Morgan fingerprint density at radius 2 is 2.05 bits per heavy atom. The molecule has 0 aliphatic carbocycles. The van der Waals surface area contributed by atoms with Gasteiger partial charge in [0.05, 0.1) is 10.8 Å². The summed E-state index contributed by atoms with van der Waals surface area (Å²) in [5.74, 6) is -0.441. The fourth-order valence-electron chi connectivity index (χ4n) is 1.89. The average Bonchev–Trinajstić information content (AvgIpc) is 2.38. The molecule has 2 rings (SSSR count). The summed E-state index contributed by atoms with van der Waals surface area (Å²) in [6.45, 7) is 1.82. The first-order valence-electron chi connectivity index (χ1n) is 6.25. The van der Waals surface area contributed by atoms with E-state index in [0.717, 1.165) is 5.56 Å². The van der Waals surface area contributed by atoms with Gasteiger partial charge in [0.25, 0.3) is 0 Å². The Balaban J connectivity index is 2.04. The van der Waals surface area contributed by atoms with Gasteiger partial charge >= 0.3 is 0 Å². The van der Waals surface area contributed by atoms with Gasteiger partial charge in [0.2, 0.25) is 5.91 Å². The lowest BCUT2D eigenvalue weighted by molar-refractivity contribution is -0.113. The number of carbonyl (C=O) groups excluding carboxylic acids is 1. The predicted molar refractivity (Wildman–Crippen MR) is 86.9 cm³/mol. The molecule has 0 fully saturated rings. The highest BCUT2D eigenvalue weighted by Gasteiger charge is 2.13. The van der Waals surface area contributed by atoms with Crippen LogP contribution in [0.25, 0.3) is 0 Å². The number of nitrogen functional groups attached to an aromatic ring is 1. The molecule has 4 nitrogen and oxygen atoms in total. The molecule has 21 heavy (non-hydrogen) atoms. The van der Waals surface area contributed by atoms with Gasteiger partial charge in [-0.2, -0.15) is 0 Å². The summed E-state index contributed by atoms with van der Waals surface area (Å²) < 4.78 is 12.2. The number of benzene rings is 2. The van der Waals surface area contributed by atoms with Gasteiger partial charge in [-0.15, -0.1) is 0 Å². The van der Waals surface area contributed by atoms with E-state index in [0.29, 0.717) is 21.3 Å². The average molecular weight is 323 g/mol. The van der Waals surface area contributed by atoms with E-state index < -0.39 is 10.8 Å². The molecule has 0 heterocycles. The fraction of sp³-hybridized carbons (Fsp3) is 0.133. The van der Waals surface area contributed by atoms with Crippen molar-refractivity contribution in [3.63, 3.8) is 0 Å².